The number of hydrogen-bond donors (Lipinski definition) is 0. The highest BCUT2D eigenvalue weighted by Gasteiger charge is 2.03. The van der Waals surface area contributed by atoms with Gasteiger partial charge in [-0.3, -0.25) is 0 Å². The van der Waals surface area contributed by atoms with Crippen molar-refractivity contribution in [1.29, 1.82) is 0 Å². The van der Waals surface area contributed by atoms with Gasteiger partial charge in [-0.15, -0.1) is 0 Å². The van der Waals surface area contributed by atoms with Gasteiger partial charge in [0.25, 0.3) is 0 Å². The molecular weight excluding hydrogens is 516 g/mol. The van der Waals surface area contributed by atoms with E-state index in [2.05, 4.69) is 27.7 Å². The van der Waals surface area contributed by atoms with Crippen molar-refractivity contribution in [3.8, 4) is 0 Å². The molecule has 0 fully saturated rings. The van der Waals surface area contributed by atoms with Crippen LogP contribution in [-0.2, 0) is 0 Å². The van der Waals surface area contributed by atoms with Gasteiger partial charge in [0.05, 0.1) is 0 Å². The molecule has 0 saturated carbocycles. The lowest BCUT2D eigenvalue weighted by Gasteiger charge is -2.11. The quantitative estimate of drug-likeness (QED) is 0.0615. The molecule has 0 nitrogen and oxygen atoms in total. The molecule has 0 rings (SSSR count). The van der Waals surface area contributed by atoms with E-state index in [1.54, 1.807) is 0 Å². The van der Waals surface area contributed by atoms with Gasteiger partial charge in [-0.2, -0.15) is 0 Å². The largest absolute Gasteiger partial charge is 0.0654 e. The van der Waals surface area contributed by atoms with Crippen molar-refractivity contribution in [1.82, 2.24) is 0 Å². The Kier molecular flexibility index (Phi) is 38.2. The minimum Gasteiger partial charge on any atom is -0.0654 e. The Labute approximate surface area is 276 Å². The molecule has 0 bridgehead atoms. The normalized spacial score (nSPS) is 13.1. The van der Waals surface area contributed by atoms with Crippen LogP contribution in [0, 0.1) is 11.8 Å². The third-order valence-corrected chi connectivity index (χ3v) is 10.5. The lowest BCUT2D eigenvalue weighted by atomic mass is 9.95. The Morgan fingerprint density at radius 3 is 0.581 bits per heavy atom. The van der Waals surface area contributed by atoms with Gasteiger partial charge in [-0.1, -0.05) is 265 Å². The summed E-state index contributed by atoms with van der Waals surface area (Å²) in [6.45, 7) is 9.60. The molecule has 0 aliphatic carbocycles. The second-order valence-electron chi connectivity index (χ2n) is 15.3. The van der Waals surface area contributed by atoms with E-state index in [0.717, 1.165) is 11.8 Å². The predicted octanol–water partition coefficient (Wildman–Crippen LogP) is 16.7. The average Bonchev–Trinajstić information content (AvgIpc) is 3.01. The maximum atomic E-state index is 2.51. The van der Waals surface area contributed by atoms with E-state index < -0.39 is 0 Å². The molecule has 260 valence electrons. The molecule has 0 spiro atoms. The Bertz CT molecular complexity index is 467. The van der Waals surface area contributed by atoms with Gasteiger partial charge < -0.3 is 0 Å². The molecule has 0 N–H and O–H groups in total. The van der Waals surface area contributed by atoms with Gasteiger partial charge in [-0.25, -0.2) is 0 Å². The van der Waals surface area contributed by atoms with E-state index in [-0.39, 0.29) is 0 Å². The molecule has 0 aromatic heterocycles. The molecule has 43 heavy (non-hydrogen) atoms. The highest BCUT2D eigenvalue weighted by atomic mass is 14.1. The minimum atomic E-state index is 0.963. The summed E-state index contributed by atoms with van der Waals surface area (Å²) >= 11 is 0. The van der Waals surface area contributed by atoms with Crippen molar-refractivity contribution in [2.75, 3.05) is 0 Å². The number of unbranched alkanes of at least 4 members (excludes halogenated alkanes) is 30. The highest BCUT2D eigenvalue weighted by molar-refractivity contribution is 4.58. The molecule has 0 heterocycles. The van der Waals surface area contributed by atoms with Crippen LogP contribution in [0.5, 0.6) is 0 Å². The molecule has 0 heteroatoms. The third kappa shape index (κ3) is 38.1. The summed E-state index contributed by atoms with van der Waals surface area (Å²) < 4.78 is 0. The first-order valence-corrected chi connectivity index (χ1v) is 21.2. The summed E-state index contributed by atoms with van der Waals surface area (Å²) in [5.41, 5.74) is 0. The SMILES string of the molecule is CCCCCCCCCCCCCCCCCCCCCCCC[C@H](C)CCCCCCCCCCC[C@H](C)CCCC. The van der Waals surface area contributed by atoms with Crippen LogP contribution in [0.3, 0.4) is 0 Å². The molecule has 0 saturated heterocycles. The zero-order chi connectivity index (χ0) is 31.3. The molecule has 0 unspecified atom stereocenters. The second-order valence-corrected chi connectivity index (χ2v) is 15.3. The van der Waals surface area contributed by atoms with Gasteiger partial charge in [0.15, 0.2) is 0 Å². The van der Waals surface area contributed by atoms with Crippen molar-refractivity contribution < 1.29 is 0 Å². The molecule has 2 atom stereocenters. The molecule has 0 amide bonds. The molecular formula is C43H88. The zero-order valence-corrected chi connectivity index (χ0v) is 31.3. The van der Waals surface area contributed by atoms with Crippen molar-refractivity contribution in [3.63, 3.8) is 0 Å². The zero-order valence-electron chi connectivity index (χ0n) is 31.3. The van der Waals surface area contributed by atoms with Gasteiger partial charge in [0, 0.05) is 0 Å². The lowest BCUT2D eigenvalue weighted by molar-refractivity contribution is 0.427. The van der Waals surface area contributed by atoms with Crippen LogP contribution in [0.15, 0.2) is 0 Å². The van der Waals surface area contributed by atoms with E-state index in [1.807, 2.05) is 0 Å². The first kappa shape index (κ1) is 43.0. The smallest absolute Gasteiger partial charge is 0.0443 e. The summed E-state index contributed by atoms with van der Waals surface area (Å²) in [6, 6.07) is 0. The fraction of sp³-hybridized carbons (Fsp3) is 1.00. The summed E-state index contributed by atoms with van der Waals surface area (Å²) in [7, 11) is 0. The van der Waals surface area contributed by atoms with Crippen LogP contribution in [-0.4, -0.2) is 0 Å². The van der Waals surface area contributed by atoms with Gasteiger partial charge in [0.2, 0.25) is 0 Å². The fourth-order valence-electron chi connectivity index (χ4n) is 7.17. The number of hydrogen-bond acceptors (Lipinski definition) is 0. The van der Waals surface area contributed by atoms with Crippen molar-refractivity contribution in [2.24, 2.45) is 11.8 Å². The van der Waals surface area contributed by atoms with E-state index in [4.69, 9.17) is 0 Å². The summed E-state index contributed by atoms with van der Waals surface area (Å²) in [6.07, 6.45) is 54.6. The van der Waals surface area contributed by atoms with Crippen LogP contribution in [0.1, 0.15) is 265 Å². The monoisotopic (exact) mass is 605 g/mol. The minimum absolute atomic E-state index is 0.963. The number of rotatable bonds is 38. The van der Waals surface area contributed by atoms with Crippen molar-refractivity contribution in [2.45, 2.75) is 265 Å². The van der Waals surface area contributed by atoms with Crippen LogP contribution >= 0.6 is 0 Å². The predicted molar refractivity (Wildman–Crippen MR) is 201 cm³/mol. The topological polar surface area (TPSA) is 0 Å². The summed E-state index contributed by atoms with van der Waals surface area (Å²) in [4.78, 5) is 0. The van der Waals surface area contributed by atoms with Crippen LogP contribution in [0.25, 0.3) is 0 Å². The van der Waals surface area contributed by atoms with E-state index in [0.29, 0.717) is 0 Å². The van der Waals surface area contributed by atoms with Crippen molar-refractivity contribution in [3.05, 3.63) is 0 Å². The maximum absolute atomic E-state index is 2.51. The first-order valence-electron chi connectivity index (χ1n) is 21.2. The highest BCUT2D eigenvalue weighted by Crippen LogP contribution is 2.20. The Hall–Kier alpha value is 0. The van der Waals surface area contributed by atoms with Gasteiger partial charge in [-0.05, 0) is 11.8 Å². The first-order chi connectivity index (χ1) is 21.2. The molecule has 0 radical (unpaired) electrons. The Morgan fingerprint density at radius 1 is 0.209 bits per heavy atom. The van der Waals surface area contributed by atoms with E-state index >= 15 is 0 Å². The third-order valence-electron chi connectivity index (χ3n) is 10.5. The molecule has 0 aromatic rings. The van der Waals surface area contributed by atoms with E-state index in [1.165, 1.54) is 238 Å². The fourth-order valence-corrected chi connectivity index (χ4v) is 7.17. The Balaban J connectivity index is 3.16. The maximum Gasteiger partial charge on any atom is -0.0443 e. The molecule has 0 aliphatic heterocycles. The Morgan fingerprint density at radius 2 is 0.372 bits per heavy atom. The second kappa shape index (κ2) is 38.2. The summed E-state index contributed by atoms with van der Waals surface area (Å²) in [5, 5.41) is 0. The van der Waals surface area contributed by atoms with E-state index in [9.17, 15) is 0 Å². The molecule has 0 aliphatic rings. The van der Waals surface area contributed by atoms with Crippen molar-refractivity contribution >= 4 is 0 Å². The van der Waals surface area contributed by atoms with Crippen LogP contribution < -0.4 is 0 Å². The van der Waals surface area contributed by atoms with Crippen LogP contribution in [0.4, 0.5) is 0 Å². The lowest BCUT2D eigenvalue weighted by Crippen LogP contribution is -1.95. The van der Waals surface area contributed by atoms with Crippen LogP contribution in [0.2, 0.25) is 0 Å². The standard InChI is InChI=1S/C43H88/c1-5-7-9-10-11-12-13-14-15-16-17-18-19-20-21-22-23-24-26-29-33-36-40-43(4)41-37-34-31-28-25-27-30-32-35-39-42(3)38-8-6-2/h42-43H,5-41H2,1-4H3/t42-,43+/m1/s1. The average molecular weight is 605 g/mol. The molecule has 0 aromatic carbocycles. The summed E-state index contributed by atoms with van der Waals surface area (Å²) in [5.74, 6) is 1.93. The van der Waals surface area contributed by atoms with Gasteiger partial charge in [0.1, 0.15) is 0 Å². The van der Waals surface area contributed by atoms with Gasteiger partial charge >= 0.3 is 0 Å².